The Balaban J connectivity index is 1.86. The van der Waals surface area contributed by atoms with Crippen LogP contribution < -0.4 is 5.32 Å². The van der Waals surface area contributed by atoms with E-state index in [2.05, 4.69) is 10.3 Å². The number of hydrogen-bond acceptors (Lipinski definition) is 4. The standard InChI is InChI=1S/C21H20N2O3S/c1-14(13-18(25)26)12-17(24)22-21-23-19(15-8-4-2-5-9-15)20(27-21)16-10-6-3-7-11-16/h2-11,14H,12-13H2,1H3,(H,25,26)(H,22,23,24)/t14-/m0/s1. The molecule has 0 saturated carbocycles. The fourth-order valence-electron chi connectivity index (χ4n) is 2.81. The van der Waals surface area contributed by atoms with E-state index in [-0.39, 0.29) is 24.7 Å². The van der Waals surface area contributed by atoms with E-state index < -0.39 is 5.97 Å². The van der Waals surface area contributed by atoms with Crippen molar-refractivity contribution in [1.82, 2.24) is 4.98 Å². The lowest BCUT2D eigenvalue weighted by Gasteiger charge is -2.07. The second kappa shape index (κ2) is 8.60. The number of anilines is 1. The molecule has 3 aromatic rings. The molecular formula is C21H20N2O3S. The van der Waals surface area contributed by atoms with Crippen molar-refractivity contribution in [3.05, 3.63) is 60.7 Å². The zero-order chi connectivity index (χ0) is 19.2. The molecule has 0 radical (unpaired) electrons. The number of carboxylic acid groups (broad SMARTS) is 1. The highest BCUT2D eigenvalue weighted by atomic mass is 32.1. The molecular weight excluding hydrogens is 360 g/mol. The number of nitrogens with zero attached hydrogens (tertiary/aromatic N) is 1. The monoisotopic (exact) mass is 380 g/mol. The van der Waals surface area contributed by atoms with Gasteiger partial charge in [0.2, 0.25) is 5.91 Å². The topological polar surface area (TPSA) is 79.3 Å². The van der Waals surface area contributed by atoms with Gasteiger partial charge in [0, 0.05) is 18.4 Å². The van der Waals surface area contributed by atoms with Gasteiger partial charge < -0.3 is 10.4 Å². The molecule has 0 fully saturated rings. The van der Waals surface area contributed by atoms with Crippen molar-refractivity contribution >= 4 is 28.3 Å². The largest absolute Gasteiger partial charge is 0.481 e. The van der Waals surface area contributed by atoms with Gasteiger partial charge in [-0.3, -0.25) is 9.59 Å². The Kier molecular flexibility index (Phi) is 5.98. The molecule has 0 saturated heterocycles. The lowest BCUT2D eigenvalue weighted by molar-refractivity contribution is -0.138. The van der Waals surface area contributed by atoms with Gasteiger partial charge >= 0.3 is 5.97 Å². The summed E-state index contributed by atoms with van der Waals surface area (Å²) >= 11 is 1.42. The molecule has 2 aromatic carbocycles. The van der Waals surface area contributed by atoms with Crippen molar-refractivity contribution in [2.24, 2.45) is 5.92 Å². The van der Waals surface area contributed by atoms with Gasteiger partial charge in [0.25, 0.3) is 0 Å². The van der Waals surface area contributed by atoms with Gasteiger partial charge in [0.1, 0.15) is 0 Å². The Morgan fingerprint density at radius 3 is 2.19 bits per heavy atom. The van der Waals surface area contributed by atoms with E-state index in [9.17, 15) is 9.59 Å². The third kappa shape index (κ3) is 5.01. The predicted molar refractivity (Wildman–Crippen MR) is 108 cm³/mol. The minimum atomic E-state index is -0.901. The Labute approximate surface area is 161 Å². The van der Waals surface area contributed by atoms with E-state index in [1.165, 1.54) is 11.3 Å². The SMILES string of the molecule is C[C@H](CC(=O)O)CC(=O)Nc1nc(-c2ccccc2)c(-c2ccccc2)s1. The molecule has 0 unspecified atom stereocenters. The van der Waals surface area contributed by atoms with Gasteiger partial charge in [-0.1, -0.05) is 78.9 Å². The Morgan fingerprint density at radius 2 is 1.59 bits per heavy atom. The van der Waals surface area contributed by atoms with Crippen LogP contribution in [0, 0.1) is 5.92 Å². The summed E-state index contributed by atoms with van der Waals surface area (Å²) in [5.74, 6) is -1.36. The third-order valence-electron chi connectivity index (χ3n) is 4.01. The number of aromatic nitrogens is 1. The molecule has 6 heteroatoms. The smallest absolute Gasteiger partial charge is 0.303 e. The molecule has 0 bridgehead atoms. The molecule has 3 rings (SSSR count). The van der Waals surface area contributed by atoms with Crippen molar-refractivity contribution < 1.29 is 14.7 Å². The average molecular weight is 380 g/mol. The maximum atomic E-state index is 12.3. The van der Waals surface area contributed by atoms with Crippen LogP contribution in [0.5, 0.6) is 0 Å². The molecule has 0 aliphatic rings. The number of carboxylic acids is 1. The Bertz CT molecular complexity index is 866. The molecule has 1 heterocycles. The number of thiazole rings is 1. The maximum absolute atomic E-state index is 12.3. The van der Waals surface area contributed by atoms with Crippen LogP contribution >= 0.6 is 11.3 Å². The van der Waals surface area contributed by atoms with Crippen LogP contribution in [0.25, 0.3) is 21.7 Å². The summed E-state index contributed by atoms with van der Waals surface area (Å²) in [4.78, 5) is 28.6. The van der Waals surface area contributed by atoms with Crippen LogP contribution in [0.2, 0.25) is 0 Å². The minimum absolute atomic E-state index is 0.0319. The molecule has 0 aliphatic carbocycles. The van der Waals surface area contributed by atoms with E-state index in [1.807, 2.05) is 60.7 Å². The Morgan fingerprint density at radius 1 is 1.00 bits per heavy atom. The number of amides is 1. The van der Waals surface area contributed by atoms with Gasteiger partial charge in [0.05, 0.1) is 10.6 Å². The maximum Gasteiger partial charge on any atom is 0.303 e. The highest BCUT2D eigenvalue weighted by Gasteiger charge is 2.18. The highest BCUT2D eigenvalue weighted by Crippen LogP contribution is 2.38. The second-order valence-corrected chi connectivity index (χ2v) is 7.38. The van der Waals surface area contributed by atoms with Crippen molar-refractivity contribution in [2.45, 2.75) is 19.8 Å². The first kappa shape index (κ1) is 18.8. The molecule has 2 N–H and O–H groups in total. The van der Waals surface area contributed by atoms with Gasteiger partial charge in [0.15, 0.2) is 5.13 Å². The molecule has 0 spiro atoms. The average Bonchev–Trinajstić information content (AvgIpc) is 3.06. The summed E-state index contributed by atoms with van der Waals surface area (Å²) in [5, 5.41) is 12.2. The van der Waals surface area contributed by atoms with Gasteiger partial charge in [-0.25, -0.2) is 4.98 Å². The van der Waals surface area contributed by atoms with Crippen molar-refractivity contribution in [3.63, 3.8) is 0 Å². The lowest BCUT2D eigenvalue weighted by Crippen LogP contribution is -2.16. The summed E-state index contributed by atoms with van der Waals surface area (Å²) in [6.45, 7) is 1.75. The van der Waals surface area contributed by atoms with E-state index in [1.54, 1.807) is 6.92 Å². The zero-order valence-corrected chi connectivity index (χ0v) is 15.7. The van der Waals surface area contributed by atoms with Crippen LogP contribution in [0.1, 0.15) is 19.8 Å². The van der Waals surface area contributed by atoms with Crippen LogP contribution in [0.15, 0.2) is 60.7 Å². The fraction of sp³-hybridized carbons (Fsp3) is 0.190. The van der Waals surface area contributed by atoms with Gasteiger partial charge in [-0.2, -0.15) is 0 Å². The molecule has 1 aromatic heterocycles. The number of benzene rings is 2. The summed E-state index contributed by atoms with van der Waals surface area (Å²) in [6, 6.07) is 19.8. The first-order chi connectivity index (χ1) is 13.0. The second-order valence-electron chi connectivity index (χ2n) is 6.38. The van der Waals surface area contributed by atoms with Crippen molar-refractivity contribution in [1.29, 1.82) is 0 Å². The molecule has 1 amide bonds. The predicted octanol–water partition coefficient (Wildman–Crippen LogP) is 4.92. The van der Waals surface area contributed by atoms with E-state index in [4.69, 9.17) is 5.11 Å². The first-order valence-corrected chi connectivity index (χ1v) is 9.48. The number of aliphatic carboxylic acids is 1. The lowest BCUT2D eigenvalue weighted by atomic mass is 10.0. The number of nitrogens with one attached hydrogen (secondary N) is 1. The molecule has 27 heavy (non-hydrogen) atoms. The van der Waals surface area contributed by atoms with E-state index in [0.717, 1.165) is 21.7 Å². The first-order valence-electron chi connectivity index (χ1n) is 8.66. The van der Waals surface area contributed by atoms with Crippen LogP contribution in [0.4, 0.5) is 5.13 Å². The van der Waals surface area contributed by atoms with Crippen molar-refractivity contribution in [2.75, 3.05) is 5.32 Å². The third-order valence-corrected chi connectivity index (χ3v) is 5.03. The summed E-state index contributed by atoms with van der Waals surface area (Å²) in [7, 11) is 0. The van der Waals surface area contributed by atoms with Gasteiger partial charge in [-0.15, -0.1) is 0 Å². The molecule has 0 aliphatic heterocycles. The van der Waals surface area contributed by atoms with Gasteiger partial charge in [-0.05, 0) is 11.5 Å². The number of carbonyl (C=O) groups excluding carboxylic acids is 1. The zero-order valence-electron chi connectivity index (χ0n) is 14.9. The van der Waals surface area contributed by atoms with Crippen LogP contribution in [0.3, 0.4) is 0 Å². The highest BCUT2D eigenvalue weighted by molar-refractivity contribution is 7.19. The molecule has 138 valence electrons. The van der Waals surface area contributed by atoms with E-state index >= 15 is 0 Å². The normalized spacial score (nSPS) is 11.7. The number of rotatable bonds is 7. The van der Waals surface area contributed by atoms with E-state index in [0.29, 0.717) is 5.13 Å². The minimum Gasteiger partial charge on any atom is -0.481 e. The molecule has 1 atom stereocenters. The summed E-state index contributed by atoms with van der Waals surface area (Å²) < 4.78 is 0. The molecule has 5 nitrogen and oxygen atoms in total. The summed E-state index contributed by atoms with van der Waals surface area (Å²) in [6.07, 6.45) is 0.114. The summed E-state index contributed by atoms with van der Waals surface area (Å²) in [5.41, 5.74) is 2.83. The Hall–Kier alpha value is -2.99. The fourth-order valence-corrected chi connectivity index (χ4v) is 3.82. The van der Waals surface area contributed by atoms with Crippen LogP contribution in [-0.4, -0.2) is 22.0 Å². The number of hydrogen-bond donors (Lipinski definition) is 2. The van der Waals surface area contributed by atoms with Crippen molar-refractivity contribution in [3.8, 4) is 21.7 Å². The van der Waals surface area contributed by atoms with Crippen LogP contribution in [-0.2, 0) is 9.59 Å². The number of carbonyl (C=O) groups is 2. The quantitative estimate of drug-likeness (QED) is 0.610.